The molecule has 6 heteroatoms. The third-order valence-corrected chi connectivity index (χ3v) is 6.64. The lowest BCUT2D eigenvalue weighted by Crippen LogP contribution is -1.89. The molecule has 0 amide bonds. The summed E-state index contributed by atoms with van der Waals surface area (Å²) in [6.45, 7) is 2.67. The number of ether oxygens (including phenoxy) is 1. The van der Waals surface area contributed by atoms with Crippen LogP contribution < -0.4 is 4.74 Å². The van der Waals surface area contributed by atoms with Crippen molar-refractivity contribution in [3.8, 4) is 5.75 Å². The van der Waals surface area contributed by atoms with Gasteiger partial charge in [-0.25, -0.2) is 4.98 Å². The number of benzene rings is 2. The maximum atomic E-state index is 5.88. The smallest absolute Gasteiger partial charge is 0.162 e. The van der Waals surface area contributed by atoms with Gasteiger partial charge in [-0.3, -0.25) is 0 Å². The third-order valence-electron chi connectivity index (χ3n) is 2.67. The average molecular weight is 354 g/mol. The Kier molecular flexibility index (Phi) is 4.95. The molecule has 3 rings (SSSR count). The van der Waals surface area contributed by atoms with Crippen LogP contribution in [0.25, 0.3) is 10.2 Å². The van der Waals surface area contributed by atoms with E-state index in [2.05, 4.69) is 4.98 Å². The second-order valence-electron chi connectivity index (χ2n) is 4.16. The fourth-order valence-corrected chi connectivity index (χ4v) is 5.12. The predicted molar refractivity (Wildman–Crippen MR) is 94.0 cm³/mol. The van der Waals surface area contributed by atoms with E-state index in [1.807, 2.05) is 49.4 Å². The molecule has 1 heterocycles. The van der Waals surface area contributed by atoms with E-state index in [1.165, 1.54) is 4.90 Å². The second kappa shape index (κ2) is 6.92. The molecule has 2 aromatic carbocycles. The van der Waals surface area contributed by atoms with Gasteiger partial charge in [-0.15, -0.1) is 11.3 Å². The summed E-state index contributed by atoms with van der Waals surface area (Å²) in [5, 5.41) is 0.757. The molecule has 21 heavy (non-hydrogen) atoms. The van der Waals surface area contributed by atoms with Crippen LogP contribution in [0.15, 0.2) is 51.7 Å². The first-order valence-electron chi connectivity index (χ1n) is 6.38. The van der Waals surface area contributed by atoms with Gasteiger partial charge in [0.1, 0.15) is 5.75 Å². The average Bonchev–Trinajstić information content (AvgIpc) is 2.89. The Bertz CT molecular complexity index is 742. The maximum Gasteiger partial charge on any atom is 0.162 e. The molecule has 0 aliphatic heterocycles. The molecule has 0 atom stereocenters. The topological polar surface area (TPSA) is 22.1 Å². The first-order chi connectivity index (χ1) is 10.2. The SMILES string of the molecule is CCOc1ccc2nc(SSc3ccc(Cl)cc3)sc2c1. The lowest BCUT2D eigenvalue weighted by Gasteiger charge is -2.00. The van der Waals surface area contributed by atoms with Gasteiger partial charge in [0.25, 0.3) is 0 Å². The third kappa shape index (κ3) is 3.86. The number of halogens is 1. The molecule has 0 radical (unpaired) electrons. The molecule has 1 aromatic heterocycles. The Labute approximate surface area is 140 Å². The van der Waals surface area contributed by atoms with Gasteiger partial charge in [0, 0.05) is 9.92 Å². The molecule has 2 nitrogen and oxygen atoms in total. The highest BCUT2D eigenvalue weighted by molar-refractivity contribution is 8.77. The zero-order valence-corrected chi connectivity index (χ0v) is 14.4. The van der Waals surface area contributed by atoms with Crippen LogP contribution in [0.5, 0.6) is 5.75 Å². The summed E-state index contributed by atoms with van der Waals surface area (Å²) in [7, 11) is 3.35. The van der Waals surface area contributed by atoms with Crippen LogP contribution in [0.4, 0.5) is 0 Å². The summed E-state index contributed by atoms with van der Waals surface area (Å²) >= 11 is 7.57. The van der Waals surface area contributed by atoms with E-state index in [4.69, 9.17) is 16.3 Å². The summed E-state index contributed by atoms with van der Waals surface area (Å²) in [6, 6.07) is 13.9. The Morgan fingerprint density at radius 2 is 1.95 bits per heavy atom. The molecular weight excluding hydrogens is 342 g/mol. The summed E-state index contributed by atoms with van der Waals surface area (Å²) < 4.78 is 7.71. The first-order valence-corrected chi connectivity index (χ1v) is 9.72. The molecule has 0 N–H and O–H groups in total. The monoisotopic (exact) mass is 353 g/mol. The van der Waals surface area contributed by atoms with Crippen molar-refractivity contribution < 1.29 is 4.74 Å². The molecule has 0 fully saturated rings. The van der Waals surface area contributed by atoms with Crippen molar-refractivity contribution in [3.05, 3.63) is 47.5 Å². The normalized spacial score (nSPS) is 11.0. The molecule has 0 saturated carbocycles. The molecule has 0 aliphatic rings. The van der Waals surface area contributed by atoms with E-state index in [0.29, 0.717) is 6.61 Å². The molecule has 0 saturated heterocycles. The zero-order valence-electron chi connectivity index (χ0n) is 11.2. The number of thiazole rings is 1. The summed E-state index contributed by atoms with van der Waals surface area (Å²) in [4.78, 5) is 5.79. The van der Waals surface area contributed by atoms with E-state index in [1.54, 1.807) is 32.9 Å². The minimum Gasteiger partial charge on any atom is -0.494 e. The molecule has 0 spiro atoms. The van der Waals surface area contributed by atoms with Crippen molar-refractivity contribution in [2.24, 2.45) is 0 Å². The summed E-state index contributed by atoms with van der Waals surface area (Å²) in [6.07, 6.45) is 0. The Hall–Kier alpha value is -0.880. The Balaban J connectivity index is 1.73. The van der Waals surface area contributed by atoms with E-state index in [-0.39, 0.29) is 0 Å². The van der Waals surface area contributed by atoms with Gasteiger partial charge in [0.05, 0.1) is 16.8 Å². The number of rotatable bonds is 5. The standard InChI is InChI=1S/C15H12ClNOS3/c1-2-18-11-5-8-13-14(9-11)19-15(17-13)21-20-12-6-3-10(16)4-7-12/h3-9H,2H2,1H3. The quantitative estimate of drug-likeness (QED) is 0.513. The van der Waals surface area contributed by atoms with Gasteiger partial charge in [0.15, 0.2) is 4.34 Å². The van der Waals surface area contributed by atoms with Crippen LogP contribution in [-0.4, -0.2) is 11.6 Å². The van der Waals surface area contributed by atoms with Gasteiger partial charge < -0.3 is 4.74 Å². The summed E-state index contributed by atoms with van der Waals surface area (Å²) in [5.41, 5.74) is 1.02. The lowest BCUT2D eigenvalue weighted by molar-refractivity contribution is 0.341. The Morgan fingerprint density at radius 1 is 1.14 bits per heavy atom. The molecule has 3 aromatic rings. The van der Waals surface area contributed by atoms with Crippen molar-refractivity contribution in [2.75, 3.05) is 6.61 Å². The Morgan fingerprint density at radius 3 is 2.71 bits per heavy atom. The van der Waals surface area contributed by atoms with E-state index in [9.17, 15) is 0 Å². The van der Waals surface area contributed by atoms with Crippen LogP contribution in [-0.2, 0) is 0 Å². The van der Waals surface area contributed by atoms with Crippen molar-refractivity contribution in [1.29, 1.82) is 0 Å². The maximum absolute atomic E-state index is 5.88. The predicted octanol–water partition coefficient (Wildman–Crippen LogP) is 6.15. The van der Waals surface area contributed by atoms with E-state index in [0.717, 1.165) is 25.3 Å². The fraction of sp³-hybridized carbons (Fsp3) is 0.133. The number of hydrogen-bond donors (Lipinski definition) is 0. The highest BCUT2D eigenvalue weighted by Crippen LogP contribution is 2.41. The summed E-state index contributed by atoms with van der Waals surface area (Å²) in [5.74, 6) is 0.899. The van der Waals surface area contributed by atoms with Crippen molar-refractivity contribution in [1.82, 2.24) is 4.98 Å². The minimum atomic E-state index is 0.679. The van der Waals surface area contributed by atoms with E-state index < -0.39 is 0 Å². The van der Waals surface area contributed by atoms with Gasteiger partial charge in [-0.1, -0.05) is 22.4 Å². The van der Waals surface area contributed by atoms with Crippen LogP contribution in [0.2, 0.25) is 5.02 Å². The van der Waals surface area contributed by atoms with Gasteiger partial charge in [-0.05, 0) is 60.2 Å². The van der Waals surface area contributed by atoms with Crippen LogP contribution in [0.1, 0.15) is 6.92 Å². The number of fused-ring (bicyclic) bond motifs is 1. The van der Waals surface area contributed by atoms with E-state index >= 15 is 0 Å². The highest BCUT2D eigenvalue weighted by Gasteiger charge is 2.07. The molecule has 0 bridgehead atoms. The minimum absolute atomic E-state index is 0.679. The van der Waals surface area contributed by atoms with Crippen LogP contribution >= 0.6 is 44.5 Å². The van der Waals surface area contributed by atoms with Crippen LogP contribution in [0, 0.1) is 0 Å². The highest BCUT2D eigenvalue weighted by atomic mass is 35.5. The van der Waals surface area contributed by atoms with Crippen molar-refractivity contribution >= 4 is 54.7 Å². The lowest BCUT2D eigenvalue weighted by atomic mass is 10.3. The van der Waals surface area contributed by atoms with Gasteiger partial charge >= 0.3 is 0 Å². The van der Waals surface area contributed by atoms with Gasteiger partial charge in [-0.2, -0.15) is 0 Å². The molecular formula is C15H12ClNOS3. The van der Waals surface area contributed by atoms with Crippen LogP contribution in [0.3, 0.4) is 0 Å². The van der Waals surface area contributed by atoms with Crippen molar-refractivity contribution in [3.63, 3.8) is 0 Å². The molecule has 0 unspecified atom stereocenters. The van der Waals surface area contributed by atoms with Crippen molar-refractivity contribution in [2.45, 2.75) is 16.2 Å². The number of nitrogens with zero attached hydrogens (tertiary/aromatic N) is 1. The largest absolute Gasteiger partial charge is 0.494 e. The zero-order chi connectivity index (χ0) is 14.7. The molecule has 108 valence electrons. The first kappa shape index (κ1) is 15.0. The van der Waals surface area contributed by atoms with Gasteiger partial charge in [0.2, 0.25) is 0 Å². The number of aromatic nitrogens is 1. The fourth-order valence-electron chi connectivity index (χ4n) is 1.75. The molecule has 0 aliphatic carbocycles. The number of hydrogen-bond acceptors (Lipinski definition) is 5. The second-order valence-corrected chi connectivity index (χ2v) is 8.08.